The molecule has 1 aromatic carbocycles. The standard InChI is InChI=1S/C12H16O4/c1-9(14)12(15)11(7-13)16-8-10-5-3-2-4-6-10/h2-6,11-13,15H,7-8H2,1H3. The van der Waals surface area contributed by atoms with Crippen molar-refractivity contribution in [3.63, 3.8) is 0 Å². The van der Waals surface area contributed by atoms with E-state index in [4.69, 9.17) is 9.84 Å². The highest BCUT2D eigenvalue weighted by molar-refractivity contribution is 5.80. The molecule has 0 saturated carbocycles. The molecule has 0 amide bonds. The lowest BCUT2D eigenvalue weighted by atomic mass is 10.1. The van der Waals surface area contributed by atoms with Crippen LogP contribution in [0.1, 0.15) is 12.5 Å². The summed E-state index contributed by atoms with van der Waals surface area (Å²) in [4.78, 5) is 10.9. The van der Waals surface area contributed by atoms with E-state index >= 15 is 0 Å². The minimum Gasteiger partial charge on any atom is -0.394 e. The Morgan fingerprint density at radius 1 is 1.38 bits per heavy atom. The van der Waals surface area contributed by atoms with Crippen LogP contribution < -0.4 is 0 Å². The van der Waals surface area contributed by atoms with Gasteiger partial charge >= 0.3 is 0 Å². The molecular weight excluding hydrogens is 208 g/mol. The van der Waals surface area contributed by atoms with Gasteiger partial charge < -0.3 is 14.9 Å². The van der Waals surface area contributed by atoms with Crippen molar-refractivity contribution in [1.82, 2.24) is 0 Å². The van der Waals surface area contributed by atoms with Crippen LogP contribution in [0.4, 0.5) is 0 Å². The summed E-state index contributed by atoms with van der Waals surface area (Å²) in [7, 11) is 0. The third kappa shape index (κ3) is 3.73. The largest absolute Gasteiger partial charge is 0.394 e. The maximum absolute atomic E-state index is 10.9. The zero-order chi connectivity index (χ0) is 12.0. The third-order valence-corrected chi connectivity index (χ3v) is 2.26. The van der Waals surface area contributed by atoms with Gasteiger partial charge in [0, 0.05) is 0 Å². The molecule has 0 radical (unpaired) electrons. The first-order valence-corrected chi connectivity index (χ1v) is 5.10. The quantitative estimate of drug-likeness (QED) is 0.739. The highest BCUT2D eigenvalue weighted by Gasteiger charge is 2.22. The van der Waals surface area contributed by atoms with Crippen LogP contribution in [0.25, 0.3) is 0 Å². The van der Waals surface area contributed by atoms with Crippen LogP contribution >= 0.6 is 0 Å². The number of carbonyl (C=O) groups is 1. The molecule has 4 nitrogen and oxygen atoms in total. The fraction of sp³-hybridized carbons (Fsp3) is 0.417. The Bertz CT molecular complexity index is 323. The predicted molar refractivity (Wildman–Crippen MR) is 58.8 cm³/mol. The van der Waals surface area contributed by atoms with Gasteiger partial charge in [-0.3, -0.25) is 4.79 Å². The number of carbonyl (C=O) groups excluding carboxylic acids is 1. The topological polar surface area (TPSA) is 66.8 Å². The second-order valence-corrected chi connectivity index (χ2v) is 3.57. The number of ether oxygens (including phenoxy) is 1. The lowest BCUT2D eigenvalue weighted by molar-refractivity contribution is -0.137. The fourth-order valence-electron chi connectivity index (χ4n) is 1.28. The number of benzene rings is 1. The molecule has 0 bridgehead atoms. The number of rotatable bonds is 6. The first-order valence-electron chi connectivity index (χ1n) is 5.10. The molecular formula is C12H16O4. The van der Waals surface area contributed by atoms with Gasteiger partial charge in [-0.25, -0.2) is 0 Å². The van der Waals surface area contributed by atoms with Crippen molar-refractivity contribution in [2.45, 2.75) is 25.7 Å². The van der Waals surface area contributed by atoms with Crippen molar-refractivity contribution in [2.24, 2.45) is 0 Å². The molecule has 4 heteroatoms. The monoisotopic (exact) mass is 224 g/mol. The Balaban J connectivity index is 2.49. The Morgan fingerprint density at radius 3 is 2.50 bits per heavy atom. The lowest BCUT2D eigenvalue weighted by Gasteiger charge is -2.19. The minimum atomic E-state index is -1.27. The van der Waals surface area contributed by atoms with Crippen molar-refractivity contribution in [3.05, 3.63) is 35.9 Å². The molecule has 0 aliphatic heterocycles. The van der Waals surface area contributed by atoms with Gasteiger partial charge in [-0.2, -0.15) is 0 Å². The molecule has 0 aliphatic carbocycles. The number of aliphatic hydroxyl groups excluding tert-OH is 2. The van der Waals surface area contributed by atoms with Gasteiger partial charge in [0.15, 0.2) is 5.78 Å². The Kier molecular flexibility index (Phi) is 5.11. The number of Topliss-reactive ketones (excluding diaryl/α,β-unsaturated/α-hetero) is 1. The molecule has 1 rings (SSSR count). The molecule has 2 unspecified atom stereocenters. The van der Waals surface area contributed by atoms with Crippen LogP contribution in [0.2, 0.25) is 0 Å². The molecule has 2 N–H and O–H groups in total. The Labute approximate surface area is 94.5 Å². The summed E-state index contributed by atoms with van der Waals surface area (Å²) in [6.07, 6.45) is -2.13. The first kappa shape index (κ1) is 12.8. The van der Waals surface area contributed by atoms with Gasteiger partial charge in [0.2, 0.25) is 0 Å². The smallest absolute Gasteiger partial charge is 0.160 e. The highest BCUT2D eigenvalue weighted by Crippen LogP contribution is 2.06. The summed E-state index contributed by atoms with van der Waals surface area (Å²) in [5.41, 5.74) is 0.928. The van der Waals surface area contributed by atoms with Crippen molar-refractivity contribution in [3.8, 4) is 0 Å². The van der Waals surface area contributed by atoms with Gasteiger partial charge in [-0.15, -0.1) is 0 Å². The van der Waals surface area contributed by atoms with Crippen molar-refractivity contribution >= 4 is 5.78 Å². The van der Waals surface area contributed by atoms with Gasteiger partial charge in [0.05, 0.1) is 13.2 Å². The fourth-order valence-corrected chi connectivity index (χ4v) is 1.28. The Morgan fingerprint density at radius 2 is 2.00 bits per heavy atom. The molecule has 0 spiro atoms. The van der Waals surface area contributed by atoms with E-state index in [9.17, 15) is 9.90 Å². The van der Waals surface area contributed by atoms with Crippen LogP contribution in [0.15, 0.2) is 30.3 Å². The summed E-state index contributed by atoms with van der Waals surface area (Å²) in [6, 6.07) is 9.36. The van der Waals surface area contributed by atoms with Gasteiger partial charge in [-0.05, 0) is 12.5 Å². The van der Waals surface area contributed by atoms with Crippen LogP contribution in [0, 0.1) is 0 Å². The molecule has 0 heterocycles. The number of aliphatic hydroxyl groups is 2. The molecule has 88 valence electrons. The second kappa shape index (κ2) is 6.37. The van der Waals surface area contributed by atoms with E-state index in [1.807, 2.05) is 30.3 Å². The molecule has 16 heavy (non-hydrogen) atoms. The lowest BCUT2D eigenvalue weighted by Crippen LogP contribution is -2.37. The predicted octanol–water partition coefficient (Wildman–Crippen LogP) is 0.514. The van der Waals surface area contributed by atoms with Gasteiger partial charge in [-0.1, -0.05) is 30.3 Å². The minimum absolute atomic E-state index is 0.260. The molecule has 0 fully saturated rings. The van der Waals surface area contributed by atoms with E-state index < -0.39 is 18.0 Å². The van der Waals surface area contributed by atoms with E-state index in [2.05, 4.69) is 0 Å². The molecule has 1 aromatic rings. The van der Waals surface area contributed by atoms with E-state index in [0.29, 0.717) is 0 Å². The maximum Gasteiger partial charge on any atom is 0.160 e. The summed E-state index contributed by atoms with van der Waals surface area (Å²) in [6.45, 7) is 1.14. The van der Waals surface area contributed by atoms with E-state index in [0.717, 1.165) is 5.56 Å². The summed E-state index contributed by atoms with van der Waals surface area (Å²) in [5.74, 6) is -0.410. The average Bonchev–Trinajstić information content (AvgIpc) is 2.30. The van der Waals surface area contributed by atoms with Crippen molar-refractivity contribution < 1.29 is 19.7 Å². The molecule has 2 atom stereocenters. The van der Waals surface area contributed by atoms with Crippen LogP contribution in [-0.4, -0.2) is 34.8 Å². The van der Waals surface area contributed by atoms with Gasteiger partial charge in [0.1, 0.15) is 12.2 Å². The molecule has 0 aromatic heterocycles. The average molecular weight is 224 g/mol. The van der Waals surface area contributed by atoms with Crippen LogP contribution in [0.3, 0.4) is 0 Å². The van der Waals surface area contributed by atoms with E-state index in [1.54, 1.807) is 0 Å². The summed E-state index contributed by atoms with van der Waals surface area (Å²) >= 11 is 0. The zero-order valence-corrected chi connectivity index (χ0v) is 9.17. The number of hydrogen-bond donors (Lipinski definition) is 2. The molecule has 0 aliphatic rings. The number of ketones is 1. The normalized spacial score (nSPS) is 14.4. The van der Waals surface area contributed by atoms with Crippen molar-refractivity contribution in [2.75, 3.05) is 6.61 Å². The summed E-state index contributed by atoms with van der Waals surface area (Å²) in [5, 5.41) is 18.4. The number of hydrogen-bond acceptors (Lipinski definition) is 4. The maximum atomic E-state index is 10.9. The third-order valence-electron chi connectivity index (χ3n) is 2.26. The first-order chi connectivity index (χ1) is 7.65. The van der Waals surface area contributed by atoms with Crippen LogP contribution in [-0.2, 0) is 16.1 Å². The van der Waals surface area contributed by atoms with Crippen molar-refractivity contribution in [1.29, 1.82) is 0 Å². The van der Waals surface area contributed by atoms with E-state index in [1.165, 1.54) is 6.92 Å². The van der Waals surface area contributed by atoms with Gasteiger partial charge in [0.25, 0.3) is 0 Å². The Hall–Kier alpha value is -1.23. The van der Waals surface area contributed by atoms with E-state index in [-0.39, 0.29) is 13.2 Å². The molecule has 0 saturated heterocycles. The second-order valence-electron chi connectivity index (χ2n) is 3.57. The van der Waals surface area contributed by atoms with Crippen LogP contribution in [0.5, 0.6) is 0 Å². The summed E-state index contributed by atoms with van der Waals surface area (Å²) < 4.78 is 5.28. The zero-order valence-electron chi connectivity index (χ0n) is 9.17. The SMILES string of the molecule is CC(=O)C(O)C(CO)OCc1ccccc1. The highest BCUT2D eigenvalue weighted by atomic mass is 16.5.